The number of phenols is 1. The van der Waals surface area contributed by atoms with Gasteiger partial charge in [-0.05, 0) is 55.0 Å². The minimum absolute atomic E-state index is 0.144. The minimum Gasteiger partial charge on any atom is -0.508 e. The Morgan fingerprint density at radius 1 is 1.08 bits per heavy atom. The molecule has 120 valence electrons. The number of amides is 1. The lowest BCUT2D eigenvalue weighted by Crippen LogP contribution is -2.21. The van der Waals surface area contributed by atoms with Gasteiger partial charge in [0, 0.05) is 0 Å². The van der Waals surface area contributed by atoms with Crippen molar-refractivity contribution in [1.29, 1.82) is 0 Å². The Bertz CT molecular complexity index is 865. The fourth-order valence-corrected chi connectivity index (χ4v) is 2.34. The van der Waals surface area contributed by atoms with Gasteiger partial charge in [0.15, 0.2) is 0 Å². The fourth-order valence-electron chi connectivity index (χ4n) is 2.34. The van der Waals surface area contributed by atoms with Crippen LogP contribution in [0, 0.1) is 0 Å². The zero-order valence-corrected chi connectivity index (χ0v) is 12.8. The molecule has 0 atom stereocenters. The maximum absolute atomic E-state index is 12.6. The Morgan fingerprint density at radius 3 is 2.29 bits per heavy atom. The molecular weight excluding hydrogens is 308 g/mol. The normalized spacial score (nSPS) is 15.7. The number of benzene rings is 2. The minimum atomic E-state index is -1.03. The molecular formula is C18H14N2O4. The second kappa shape index (κ2) is 6.00. The molecule has 0 spiro atoms. The van der Waals surface area contributed by atoms with E-state index in [4.69, 9.17) is 5.11 Å². The van der Waals surface area contributed by atoms with E-state index in [1.807, 2.05) is 0 Å². The molecule has 0 fully saturated rings. The molecule has 1 amide bonds. The number of hydrazone groups is 1. The number of anilines is 1. The Kier molecular flexibility index (Phi) is 3.87. The number of aromatic hydroxyl groups is 1. The maximum atomic E-state index is 12.6. The van der Waals surface area contributed by atoms with Gasteiger partial charge < -0.3 is 10.2 Å². The molecule has 1 heterocycles. The van der Waals surface area contributed by atoms with Crippen LogP contribution in [0.1, 0.15) is 22.8 Å². The second-order valence-corrected chi connectivity index (χ2v) is 5.30. The van der Waals surface area contributed by atoms with Crippen LogP contribution in [0.5, 0.6) is 5.75 Å². The predicted molar refractivity (Wildman–Crippen MR) is 90.1 cm³/mol. The van der Waals surface area contributed by atoms with Gasteiger partial charge in [-0.15, -0.1) is 0 Å². The topological polar surface area (TPSA) is 90.2 Å². The fraction of sp³-hybridized carbons (Fsp3) is 0.0556. The molecule has 0 aromatic heterocycles. The highest BCUT2D eigenvalue weighted by atomic mass is 16.4. The SMILES string of the molecule is CC1=NN(c2ccc(C(=O)O)cc2)C(=O)C1=Cc1ccc(O)cc1. The highest BCUT2D eigenvalue weighted by molar-refractivity contribution is 6.32. The van der Waals surface area contributed by atoms with Gasteiger partial charge in [-0.25, -0.2) is 4.79 Å². The van der Waals surface area contributed by atoms with E-state index < -0.39 is 5.97 Å². The molecule has 0 saturated heterocycles. The largest absolute Gasteiger partial charge is 0.508 e. The van der Waals surface area contributed by atoms with Gasteiger partial charge >= 0.3 is 5.97 Å². The van der Waals surface area contributed by atoms with Crippen molar-refractivity contribution in [3.8, 4) is 5.75 Å². The number of phenolic OH excluding ortho intramolecular Hbond substituents is 1. The Hall–Kier alpha value is -3.41. The van der Waals surface area contributed by atoms with E-state index >= 15 is 0 Å². The van der Waals surface area contributed by atoms with Crippen molar-refractivity contribution >= 4 is 29.4 Å². The highest BCUT2D eigenvalue weighted by Crippen LogP contribution is 2.25. The average molecular weight is 322 g/mol. The van der Waals surface area contributed by atoms with E-state index in [0.29, 0.717) is 17.0 Å². The highest BCUT2D eigenvalue weighted by Gasteiger charge is 2.28. The summed E-state index contributed by atoms with van der Waals surface area (Å²) in [5.41, 5.74) is 2.43. The Labute approximate surface area is 138 Å². The smallest absolute Gasteiger partial charge is 0.335 e. The molecule has 0 radical (unpaired) electrons. The molecule has 2 N–H and O–H groups in total. The summed E-state index contributed by atoms with van der Waals surface area (Å²) in [5.74, 6) is -1.16. The monoisotopic (exact) mass is 322 g/mol. The first-order valence-electron chi connectivity index (χ1n) is 7.20. The quantitative estimate of drug-likeness (QED) is 0.850. The van der Waals surface area contributed by atoms with Gasteiger partial charge in [0.1, 0.15) is 5.75 Å². The van der Waals surface area contributed by atoms with E-state index in [0.717, 1.165) is 5.56 Å². The number of hydrogen-bond donors (Lipinski definition) is 2. The standard InChI is InChI=1S/C18H14N2O4/c1-11-16(10-12-2-8-15(21)9-3-12)17(22)20(19-11)14-6-4-13(5-7-14)18(23)24/h2-10,21H,1H3,(H,23,24). The second-order valence-electron chi connectivity index (χ2n) is 5.30. The zero-order valence-electron chi connectivity index (χ0n) is 12.8. The molecule has 6 heteroatoms. The molecule has 0 unspecified atom stereocenters. The van der Waals surface area contributed by atoms with Crippen LogP contribution in [-0.2, 0) is 4.79 Å². The molecule has 0 saturated carbocycles. The van der Waals surface area contributed by atoms with E-state index in [-0.39, 0.29) is 17.2 Å². The van der Waals surface area contributed by atoms with Gasteiger partial charge in [0.05, 0.1) is 22.5 Å². The zero-order chi connectivity index (χ0) is 17.3. The first kappa shape index (κ1) is 15.5. The number of carboxylic acids is 1. The molecule has 0 aliphatic carbocycles. The van der Waals surface area contributed by atoms with Crippen LogP contribution < -0.4 is 5.01 Å². The molecule has 3 rings (SSSR count). The summed E-state index contributed by atoms with van der Waals surface area (Å²) in [7, 11) is 0. The van der Waals surface area contributed by atoms with Crippen LogP contribution in [-0.4, -0.2) is 27.8 Å². The number of carbonyl (C=O) groups excluding carboxylic acids is 1. The molecule has 2 aromatic rings. The summed E-state index contributed by atoms with van der Waals surface area (Å²) in [6.07, 6.45) is 1.70. The Morgan fingerprint density at radius 2 is 1.71 bits per heavy atom. The number of carbonyl (C=O) groups is 2. The van der Waals surface area contributed by atoms with Gasteiger partial charge in [0.25, 0.3) is 5.91 Å². The lowest BCUT2D eigenvalue weighted by Gasteiger charge is -2.11. The van der Waals surface area contributed by atoms with E-state index in [1.165, 1.54) is 17.1 Å². The summed E-state index contributed by atoms with van der Waals surface area (Å²) < 4.78 is 0. The summed E-state index contributed by atoms with van der Waals surface area (Å²) in [4.78, 5) is 23.5. The molecule has 1 aliphatic heterocycles. The number of aromatic carboxylic acids is 1. The average Bonchev–Trinajstić information content (AvgIpc) is 2.85. The first-order valence-corrected chi connectivity index (χ1v) is 7.20. The molecule has 1 aliphatic rings. The van der Waals surface area contributed by atoms with Crippen molar-refractivity contribution < 1.29 is 19.8 Å². The van der Waals surface area contributed by atoms with Crippen molar-refractivity contribution in [2.75, 3.05) is 5.01 Å². The van der Waals surface area contributed by atoms with Crippen molar-refractivity contribution in [2.45, 2.75) is 6.92 Å². The summed E-state index contributed by atoms with van der Waals surface area (Å²) in [6.45, 7) is 1.73. The number of nitrogens with zero attached hydrogens (tertiary/aromatic N) is 2. The van der Waals surface area contributed by atoms with Crippen LogP contribution in [0.2, 0.25) is 0 Å². The van der Waals surface area contributed by atoms with Crippen molar-refractivity contribution in [3.63, 3.8) is 0 Å². The summed E-state index contributed by atoms with van der Waals surface area (Å²) >= 11 is 0. The van der Waals surface area contributed by atoms with Gasteiger partial charge in [-0.1, -0.05) is 12.1 Å². The van der Waals surface area contributed by atoms with Gasteiger partial charge in [-0.2, -0.15) is 10.1 Å². The molecule has 0 bridgehead atoms. The number of rotatable bonds is 3. The summed E-state index contributed by atoms with van der Waals surface area (Å²) in [5, 5.41) is 23.7. The summed E-state index contributed by atoms with van der Waals surface area (Å²) in [6, 6.07) is 12.4. The first-order chi connectivity index (χ1) is 11.5. The number of carboxylic acid groups (broad SMARTS) is 1. The van der Waals surface area contributed by atoms with E-state index in [1.54, 1.807) is 49.4 Å². The Balaban J connectivity index is 1.90. The van der Waals surface area contributed by atoms with Crippen LogP contribution in [0.25, 0.3) is 6.08 Å². The van der Waals surface area contributed by atoms with Crippen molar-refractivity contribution in [3.05, 3.63) is 65.2 Å². The van der Waals surface area contributed by atoms with Crippen LogP contribution in [0.15, 0.2) is 59.2 Å². The van der Waals surface area contributed by atoms with Crippen LogP contribution >= 0.6 is 0 Å². The predicted octanol–water partition coefficient (Wildman–Crippen LogP) is 2.90. The van der Waals surface area contributed by atoms with Crippen LogP contribution in [0.4, 0.5) is 5.69 Å². The third-order valence-corrected chi connectivity index (χ3v) is 3.63. The number of hydrogen-bond acceptors (Lipinski definition) is 4. The molecule has 6 nitrogen and oxygen atoms in total. The van der Waals surface area contributed by atoms with Crippen molar-refractivity contribution in [2.24, 2.45) is 5.10 Å². The van der Waals surface area contributed by atoms with Crippen molar-refractivity contribution in [1.82, 2.24) is 0 Å². The van der Waals surface area contributed by atoms with Gasteiger partial charge in [0.2, 0.25) is 0 Å². The lowest BCUT2D eigenvalue weighted by atomic mass is 10.1. The molecule has 2 aromatic carbocycles. The third kappa shape index (κ3) is 2.89. The lowest BCUT2D eigenvalue weighted by molar-refractivity contribution is -0.114. The van der Waals surface area contributed by atoms with E-state index in [2.05, 4.69) is 5.10 Å². The third-order valence-electron chi connectivity index (χ3n) is 3.63. The van der Waals surface area contributed by atoms with Gasteiger partial charge in [-0.3, -0.25) is 4.79 Å². The maximum Gasteiger partial charge on any atom is 0.335 e. The van der Waals surface area contributed by atoms with Crippen LogP contribution in [0.3, 0.4) is 0 Å². The van der Waals surface area contributed by atoms with E-state index in [9.17, 15) is 14.7 Å². The molecule has 24 heavy (non-hydrogen) atoms.